The third-order valence-corrected chi connectivity index (χ3v) is 4.26. The van der Waals surface area contributed by atoms with Gasteiger partial charge < -0.3 is 5.32 Å². The van der Waals surface area contributed by atoms with Gasteiger partial charge in [-0.2, -0.15) is 5.26 Å². The molecule has 0 bridgehead atoms. The minimum Gasteiger partial charge on any atom is -0.351 e. The molecule has 1 unspecified atom stereocenters. The molecule has 1 amide bonds. The maximum Gasteiger partial charge on any atom is 0.251 e. The summed E-state index contributed by atoms with van der Waals surface area (Å²) in [6.45, 7) is 0.645. The quantitative estimate of drug-likeness (QED) is 0.941. The van der Waals surface area contributed by atoms with Crippen LogP contribution in [-0.4, -0.2) is 12.5 Å². The van der Waals surface area contributed by atoms with Crippen molar-refractivity contribution in [3.8, 4) is 6.07 Å². The number of aryl methyl sites for hydroxylation is 1. The average Bonchev–Trinajstić information content (AvgIpc) is 2.59. The van der Waals surface area contributed by atoms with Gasteiger partial charge in [0.2, 0.25) is 0 Å². The number of hydrogen-bond acceptors (Lipinski definition) is 2. The fourth-order valence-corrected chi connectivity index (χ4v) is 3.11. The molecule has 1 N–H and O–H groups in total. The van der Waals surface area contributed by atoms with Crippen molar-refractivity contribution >= 4 is 5.91 Å². The van der Waals surface area contributed by atoms with E-state index in [1.54, 1.807) is 24.3 Å². The van der Waals surface area contributed by atoms with Gasteiger partial charge in [0.15, 0.2) is 0 Å². The molecule has 0 saturated carbocycles. The lowest BCUT2D eigenvalue weighted by molar-refractivity contribution is 0.0950. The number of carbonyl (C=O) groups is 1. The fraction of sp³-hybridized carbons (Fsp3) is 0.263. The Bertz CT molecular complexity index is 730. The summed E-state index contributed by atoms with van der Waals surface area (Å²) in [7, 11) is 0. The molecular weight excluding hydrogens is 272 g/mol. The number of amides is 1. The number of nitrogens with one attached hydrogen (secondary N) is 1. The normalized spacial score (nSPS) is 16.4. The SMILES string of the molecule is N#Cc1cccc(C(=O)NCC2CCCc3ccccc32)c1. The highest BCUT2D eigenvalue weighted by molar-refractivity contribution is 5.94. The minimum absolute atomic E-state index is 0.111. The van der Waals surface area contributed by atoms with E-state index in [9.17, 15) is 4.79 Å². The summed E-state index contributed by atoms with van der Waals surface area (Å²) in [6, 6.07) is 17.4. The lowest BCUT2D eigenvalue weighted by Crippen LogP contribution is -2.30. The van der Waals surface area contributed by atoms with Crippen molar-refractivity contribution in [1.82, 2.24) is 5.32 Å². The van der Waals surface area contributed by atoms with Crippen LogP contribution in [0.5, 0.6) is 0 Å². The Morgan fingerprint density at radius 3 is 2.95 bits per heavy atom. The van der Waals surface area contributed by atoms with Crippen molar-refractivity contribution in [3.63, 3.8) is 0 Å². The number of rotatable bonds is 3. The Balaban J connectivity index is 1.68. The van der Waals surface area contributed by atoms with E-state index < -0.39 is 0 Å². The first-order valence-corrected chi connectivity index (χ1v) is 7.64. The number of carbonyl (C=O) groups excluding carboxylic acids is 1. The molecule has 1 aliphatic rings. The topological polar surface area (TPSA) is 52.9 Å². The molecular formula is C19H18N2O. The Kier molecular flexibility index (Phi) is 4.20. The maximum absolute atomic E-state index is 12.2. The standard InChI is InChI=1S/C19H18N2O/c20-12-14-5-3-8-16(11-14)19(22)21-13-17-9-4-7-15-6-1-2-10-18(15)17/h1-3,5-6,8,10-11,17H,4,7,9,13H2,(H,21,22). The highest BCUT2D eigenvalue weighted by atomic mass is 16.1. The van der Waals surface area contributed by atoms with E-state index in [0.29, 0.717) is 23.6 Å². The van der Waals surface area contributed by atoms with E-state index in [-0.39, 0.29) is 5.91 Å². The molecule has 3 nitrogen and oxygen atoms in total. The van der Waals surface area contributed by atoms with Gasteiger partial charge >= 0.3 is 0 Å². The number of fused-ring (bicyclic) bond motifs is 1. The van der Waals surface area contributed by atoms with Crippen LogP contribution in [0.2, 0.25) is 0 Å². The van der Waals surface area contributed by atoms with Crippen LogP contribution < -0.4 is 5.32 Å². The van der Waals surface area contributed by atoms with Gasteiger partial charge in [-0.3, -0.25) is 4.79 Å². The first kappa shape index (κ1) is 14.3. The van der Waals surface area contributed by atoms with Gasteiger partial charge in [-0.1, -0.05) is 30.3 Å². The van der Waals surface area contributed by atoms with Gasteiger partial charge in [-0.05, 0) is 48.6 Å². The molecule has 0 aromatic heterocycles. The van der Waals surface area contributed by atoms with Gasteiger partial charge in [-0.15, -0.1) is 0 Å². The second-order valence-corrected chi connectivity index (χ2v) is 5.69. The lowest BCUT2D eigenvalue weighted by Gasteiger charge is -2.25. The zero-order valence-electron chi connectivity index (χ0n) is 12.4. The van der Waals surface area contributed by atoms with Crippen molar-refractivity contribution in [2.45, 2.75) is 25.2 Å². The summed E-state index contributed by atoms with van der Waals surface area (Å²) in [4.78, 5) is 12.2. The molecule has 3 heteroatoms. The zero-order valence-corrected chi connectivity index (χ0v) is 12.4. The first-order chi connectivity index (χ1) is 10.8. The van der Waals surface area contributed by atoms with Gasteiger partial charge in [0, 0.05) is 18.0 Å². The van der Waals surface area contributed by atoms with Crippen molar-refractivity contribution in [1.29, 1.82) is 5.26 Å². The molecule has 0 spiro atoms. The largest absolute Gasteiger partial charge is 0.351 e. The third-order valence-electron chi connectivity index (χ3n) is 4.26. The molecule has 2 aromatic carbocycles. The van der Waals surface area contributed by atoms with Crippen molar-refractivity contribution < 1.29 is 4.79 Å². The van der Waals surface area contributed by atoms with E-state index >= 15 is 0 Å². The Labute approximate surface area is 130 Å². The predicted molar refractivity (Wildman–Crippen MR) is 85.6 cm³/mol. The first-order valence-electron chi connectivity index (χ1n) is 7.64. The van der Waals surface area contributed by atoms with Crippen LogP contribution >= 0.6 is 0 Å². The third kappa shape index (κ3) is 3.01. The molecule has 1 atom stereocenters. The Morgan fingerprint density at radius 1 is 1.23 bits per heavy atom. The van der Waals surface area contributed by atoms with Crippen molar-refractivity contribution in [2.75, 3.05) is 6.54 Å². The lowest BCUT2D eigenvalue weighted by atomic mass is 9.83. The number of benzene rings is 2. The molecule has 0 fully saturated rings. The van der Waals surface area contributed by atoms with Crippen molar-refractivity contribution in [2.24, 2.45) is 0 Å². The number of nitriles is 1. The average molecular weight is 290 g/mol. The molecule has 0 radical (unpaired) electrons. The Hall–Kier alpha value is -2.60. The van der Waals surface area contributed by atoms with Crippen LogP contribution in [0.4, 0.5) is 0 Å². The summed E-state index contributed by atoms with van der Waals surface area (Å²) in [5.74, 6) is 0.271. The van der Waals surface area contributed by atoms with Crippen LogP contribution in [0.1, 0.15) is 45.8 Å². The molecule has 0 heterocycles. The molecule has 1 aliphatic carbocycles. The minimum atomic E-state index is -0.111. The zero-order chi connectivity index (χ0) is 15.4. The predicted octanol–water partition coefficient (Wildman–Crippen LogP) is 3.41. The van der Waals surface area contributed by atoms with E-state index in [1.807, 2.05) is 0 Å². The van der Waals surface area contributed by atoms with E-state index in [2.05, 4.69) is 35.7 Å². The van der Waals surface area contributed by atoms with Crippen LogP contribution in [0.15, 0.2) is 48.5 Å². The van der Waals surface area contributed by atoms with Crippen LogP contribution in [0.25, 0.3) is 0 Å². The summed E-state index contributed by atoms with van der Waals surface area (Å²) < 4.78 is 0. The van der Waals surface area contributed by atoms with E-state index in [1.165, 1.54) is 17.5 Å². The monoisotopic (exact) mass is 290 g/mol. The maximum atomic E-state index is 12.2. The van der Waals surface area contributed by atoms with Gasteiger partial charge in [0.25, 0.3) is 5.91 Å². The number of nitrogens with zero attached hydrogens (tertiary/aromatic N) is 1. The van der Waals surface area contributed by atoms with Crippen LogP contribution in [0.3, 0.4) is 0 Å². The smallest absolute Gasteiger partial charge is 0.251 e. The molecule has 22 heavy (non-hydrogen) atoms. The fourth-order valence-electron chi connectivity index (χ4n) is 3.11. The molecule has 0 aliphatic heterocycles. The second kappa shape index (κ2) is 6.44. The summed E-state index contributed by atoms with van der Waals surface area (Å²) in [5.41, 5.74) is 3.82. The van der Waals surface area contributed by atoms with Crippen LogP contribution in [-0.2, 0) is 6.42 Å². The molecule has 2 aromatic rings. The van der Waals surface area contributed by atoms with Crippen LogP contribution in [0, 0.1) is 11.3 Å². The highest BCUT2D eigenvalue weighted by Gasteiger charge is 2.20. The second-order valence-electron chi connectivity index (χ2n) is 5.69. The highest BCUT2D eigenvalue weighted by Crippen LogP contribution is 2.30. The van der Waals surface area contributed by atoms with Gasteiger partial charge in [-0.25, -0.2) is 0 Å². The summed E-state index contributed by atoms with van der Waals surface area (Å²) >= 11 is 0. The van der Waals surface area contributed by atoms with Gasteiger partial charge in [0.1, 0.15) is 0 Å². The molecule has 0 saturated heterocycles. The summed E-state index contributed by atoms with van der Waals surface area (Å²) in [6.07, 6.45) is 3.40. The van der Waals surface area contributed by atoms with Crippen molar-refractivity contribution in [3.05, 3.63) is 70.8 Å². The van der Waals surface area contributed by atoms with Gasteiger partial charge in [0.05, 0.1) is 11.6 Å². The van der Waals surface area contributed by atoms with E-state index in [0.717, 1.165) is 12.8 Å². The number of hydrogen-bond donors (Lipinski definition) is 1. The van der Waals surface area contributed by atoms with E-state index in [4.69, 9.17) is 5.26 Å². The molecule has 3 rings (SSSR count). The molecule has 110 valence electrons. The summed E-state index contributed by atoms with van der Waals surface area (Å²) in [5, 5.41) is 11.9. The Morgan fingerprint density at radius 2 is 2.09 bits per heavy atom.